The second-order valence-corrected chi connectivity index (χ2v) is 21.5. The standard InChI is InChI=1S/C50H58ClN9O8S/c1-50(2)13-10-35(41(30-50)33-4-6-36(51)7-5-33)31-57-17-19-58(20-18-57)38-8-9-40(42(27-38)59-15-3-23-67-49-44(59)26-34-11-14-52-47(34)54-49)48(61)55-69(64,65)39-28-43(60(62)63)46-45(29-39)68-32-37(53-46)12-16-56-21-24-66-25-22-56/h4-9,11,14,26-29,37,53H,3,10,12-13,15-25,30-32H2,1-2H3,(H,52,54)(H,55,61). The summed E-state index contributed by atoms with van der Waals surface area (Å²) in [5, 5.41) is 17.3. The Labute approximate surface area is 406 Å². The number of nitro benzene ring substituents is 1. The number of aromatic nitrogens is 2. The number of sulfonamides is 1. The summed E-state index contributed by atoms with van der Waals surface area (Å²) in [7, 11) is -4.67. The molecule has 3 N–H and O–H groups in total. The maximum atomic E-state index is 14.5. The van der Waals surface area contributed by atoms with Gasteiger partial charge in [-0.25, -0.2) is 13.1 Å². The molecule has 364 valence electrons. The van der Waals surface area contributed by atoms with Crippen molar-refractivity contribution in [3.8, 4) is 11.6 Å². The van der Waals surface area contributed by atoms with E-state index in [1.54, 1.807) is 12.3 Å². The van der Waals surface area contributed by atoms with Crippen LogP contribution in [0.1, 0.15) is 61.9 Å². The van der Waals surface area contributed by atoms with Gasteiger partial charge in [-0.15, -0.1) is 0 Å². The highest BCUT2D eigenvalue weighted by Crippen LogP contribution is 2.45. The number of amides is 1. The summed E-state index contributed by atoms with van der Waals surface area (Å²) < 4.78 is 48.2. The third-order valence-corrected chi connectivity index (χ3v) is 15.6. The molecule has 2 saturated heterocycles. The summed E-state index contributed by atoms with van der Waals surface area (Å²) in [4.78, 5) is 42.8. The number of hydrogen-bond donors (Lipinski definition) is 3. The van der Waals surface area contributed by atoms with Crippen LogP contribution in [-0.4, -0.2) is 130 Å². The first-order valence-electron chi connectivity index (χ1n) is 23.8. The van der Waals surface area contributed by atoms with Gasteiger partial charge in [-0.05, 0) is 91.1 Å². The number of rotatable bonds is 12. The number of nitrogens with one attached hydrogen (secondary N) is 3. The van der Waals surface area contributed by atoms with E-state index in [0.29, 0.717) is 62.1 Å². The molecule has 1 amide bonds. The number of anilines is 4. The normalized spacial score (nSPS) is 20.0. The van der Waals surface area contributed by atoms with Crippen LogP contribution in [0.15, 0.2) is 83.4 Å². The van der Waals surface area contributed by atoms with Gasteiger partial charge in [-0.2, -0.15) is 4.98 Å². The highest BCUT2D eigenvalue weighted by molar-refractivity contribution is 7.90. The summed E-state index contributed by atoms with van der Waals surface area (Å²) in [5.74, 6) is -0.486. The highest BCUT2D eigenvalue weighted by atomic mass is 35.5. The fraction of sp³-hybridized carbons (Fsp3) is 0.440. The monoisotopic (exact) mass is 979 g/mol. The number of nitro groups is 1. The number of morpholine rings is 1. The maximum Gasteiger partial charge on any atom is 0.297 e. The number of halogens is 1. The highest BCUT2D eigenvalue weighted by Gasteiger charge is 2.34. The number of pyridine rings is 1. The number of fused-ring (bicyclic) bond motifs is 3. The second-order valence-electron chi connectivity index (χ2n) is 19.4. The van der Waals surface area contributed by atoms with Gasteiger partial charge in [0.1, 0.15) is 17.9 Å². The SMILES string of the molecule is CC1(C)CCC(CN2CCN(c3ccc(C(=O)NS(=O)(=O)c4cc5c(c([N+](=O)[O-])c4)NC(CCN4CCOCC4)CO5)c(N4CCCOc5nc6[nH]ccc6cc54)c3)CC2)=C(c2ccc(Cl)cc2)C1. The number of benzene rings is 3. The van der Waals surface area contributed by atoms with E-state index in [2.05, 4.69) is 55.7 Å². The zero-order chi connectivity index (χ0) is 47.9. The Kier molecular flexibility index (Phi) is 13.2. The Bertz CT molecular complexity index is 2890. The van der Waals surface area contributed by atoms with Gasteiger partial charge in [0.25, 0.3) is 21.6 Å². The molecule has 1 atom stereocenters. The Morgan fingerprint density at radius 1 is 0.942 bits per heavy atom. The molecule has 10 rings (SSSR count). The lowest BCUT2D eigenvalue weighted by molar-refractivity contribution is -0.384. The summed E-state index contributed by atoms with van der Waals surface area (Å²) in [6.07, 6.45) is 6.25. The number of piperazine rings is 1. The molecule has 0 radical (unpaired) electrons. The Balaban J connectivity index is 0.916. The van der Waals surface area contributed by atoms with E-state index in [1.165, 1.54) is 22.8 Å². The zero-order valence-electron chi connectivity index (χ0n) is 39.0. The van der Waals surface area contributed by atoms with Crippen molar-refractivity contribution in [2.75, 3.05) is 100 Å². The summed E-state index contributed by atoms with van der Waals surface area (Å²) in [6, 6.07) is 19.5. The van der Waals surface area contributed by atoms with E-state index >= 15 is 0 Å². The molecule has 69 heavy (non-hydrogen) atoms. The fourth-order valence-electron chi connectivity index (χ4n) is 10.2. The quantitative estimate of drug-likeness (QED) is 0.0810. The van der Waals surface area contributed by atoms with Gasteiger partial charge in [0.15, 0.2) is 11.4 Å². The van der Waals surface area contributed by atoms with Crippen LogP contribution >= 0.6 is 11.6 Å². The van der Waals surface area contributed by atoms with E-state index < -0.39 is 31.4 Å². The molecular formula is C50H58ClN9O8S. The molecule has 1 unspecified atom stereocenters. The molecule has 0 saturated carbocycles. The van der Waals surface area contributed by atoms with Crippen molar-refractivity contribution < 1.29 is 32.3 Å². The molecule has 1 aliphatic carbocycles. The number of H-pyrrole nitrogens is 1. The predicted octanol–water partition coefficient (Wildman–Crippen LogP) is 7.84. The predicted molar refractivity (Wildman–Crippen MR) is 267 cm³/mol. The average molecular weight is 981 g/mol. The first kappa shape index (κ1) is 46.8. The van der Waals surface area contributed by atoms with Crippen LogP contribution in [0.4, 0.5) is 28.4 Å². The van der Waals surface area contributed by atoms with E-state index in [0.717, 1.165) is 93.8 Å². The van der Waals surface area contributed by atoms with Crippen molar-refractivity contribution in [3.63, 3.8) is 0 Å². The molecule has 0 spiro atoms. The molecule has 6 heterocycles. The van der Waals surface area contributed by atoms with Gasteiger partial charge >= 0.3 is 0 Å². The lowest BCUT2D eigenvalue weighted by atomic mass is 9.72. The van der Waals surface area contributed by atoms with Crippen LogP contribution in [0.25, 0.3) is 16.6 Å². The van der Waals surface area contributed by atoms with Gasteiger partial charge in [-0.1, -0.05) is 43.2 Å². The van der Waals surface area contributed by atoms with Gasteiger partial charge in [0.2, 0.25) is 5.88 Å². The van der Waals surface area contributed by atoms with Crippen molar-refractivity contribution in [2.24, 2.45) is 5.41 Å². The lowest BCUT2D eigenvalue weighted by Gasteiger charge is -2.39. The van der Waals surface area contributed by atoms with Gasteiger partial charge in [0.05, 0.1) is 46.9 Å². The van der Waals surface area contributed by atoms with Crippen molar-refractivity contribution in [1.82, 2.24) is 24.5 Å². The molecular weight excluding hydrogens is 922 g/mol. The molecule has 4 aliphatic heterocycles. The van der Waals surface area contributed by atoms with E-state index in [-0.39, 0.29) is 35.1 Å². The zero-order valence-corrected chi connectivity index (χ0v) is 40.5. The fourth-order valence-corrected chi connectivity index (χ4v) is 11.3. The largest absolute Gasteiger partial charge is 0.489 e. The van der Waals surface area contributed by atoms with Gasteiger partial charge in [0, 0.05) is 93.3 Å². The minimum Gasteiger partial charge on any atom is -0.489 e. The third kappa shape index (κ3) is 10.2. The van der Waals surface area contributed by atoms with Crippen LogP contribution in [0.3, 0.4) is 0 Å². The van der Waals surface area contributed by atoms with Crippen molar-refractivity contribution in [3.05, 3.63) is 105 Å². The Morgan fingerprint density at radius 3 is 2.52 bits per heavy atom. The molecule has 0 bridgehead atoms. The van der Waals surface area contributed by atoms with Crippen molar-refractivity contribution in [2.45, 2.75) is 56.9 Å². The van der Waals surface area contributed by atoms with Crippen LogP contribution in [0.5, 0.6) is 11.6 Å². The maximum absolute atomic E-state index is 14.5. The van der Waals surface area contributed by atoms with Gasteiger partial charge in [-0.3, -0.25) is 24.7 Å². The summed E-state index contributed by atoms with van der Waals surface area (Å²) >= 11 is 6.28. The number of carbonyl (C=O) groups is 1. The van der Waals surface area contributed by atoms with Crippen molar-refractivity contribution >= 4 is 72.6 Å². The molecule has 5 aromatic rings. The van der Waals surface area contributed by atoms with E-state index in [9.17, 15) is 23.3 Å². The van der Waals surface area contributed by atoms with E-state index in [1.807, 2.05) is 41.3 Å². The topological polar surface area (TPSA) is 188 Å². The molecule has 2 aromatic heterocycles. The number of aromatic amines is 1. The smallest absolute Gasteiger partial charge is 0.297 e. The number of carbonyl (C=O) groups excluding carboxylic acids is 1. The van der Waals surface area contributed by atoms with Crippen molar-refractivity contribution in [1.29, 1.82) is 0 Å². The molecule has 19 heteroatoms. The number of allylic oxidation sites excluding steroid dienone is 1. The minimum atomic E-state index is -4.67. The van der Waals surface area contributed by atoms with Gasteiger partial charge < -0.3 is 34.3 Å². The molecule has 5 aliphatic rings. The first-order chi connectivity index (χ1) is 33.3. The average Bonchev–Trinajstić information content (AvgIpc) is 3.71. The third-order valence-electron chi connectivity index (χ3n) is 14.1. The molecule has 3 aromatic carbocycles. The second kappa shape index (κ2) is 19.5. The summed E-state index contributed by atoms with van der Waals surface area (Å²) in [5.41, 5.74) is 6.72. The van der Waals surface area contributed by atoms with Crippen LogP contribution < -0.4 is 29.3 Å². The molecule has 17 nitrogen and oxygen atoms in total. The van der Waals surface area contributed by atoms with E-state index in [4.69, 9.17) is 30.8 Å². The number of hydrogen-bond acceptors (Lipinski definition) is 14. The Hall–Kier alpha value is -5.92. The number of ether oxygens (including phenoxy) is 3. The lowest BCUT2D eigenvalue weighted by Crippen LogP contribution is -2.47. The Morgan fingerprint density at radius 2 is 1.74 bits per heavy atom. The first-order valence-corrected chi connectivity index (χ1v) is 25.7. The molecule has 2 fully saturated rings. The van der Waals surface area contributed by atoms with Crippen LogP contribution in [-0.2, 0) is 14.8 Å². The van der Waals surface area contributed by atoms with Crippen LogP contribution in [0, 0.1) is 15.5 Å². The van der Waals surface area contributed by atoms with Crippen LogP contribution in [0.2, 0.25) is 5.02 Å². The number of nitrogens with zero attached hydrogens (tertiary/aromatic N) is 6. The minimum absolute atomic E-state index is 0.0240. The summed E-state index contributed by atoms with van der Waals surface area (Å²) in [6.45, 7) is 13.4.